The van der Waals surface area contributed by atoms with Gasteiger partial charge in [0, 0.05) is 21.7 Å². The summed E-state index contributed by atoms with van der Waals surface area (Å²) in [5.41, 5.74) is 3.21. The summed E-state index contributed by atoms with van der Waals surface area (Å²) in [6.07, 6.45) is 1.51. The van der Waals surface area contributed by atoms with Crippen molar-refractivity contribution in [2.24, 2.45) is 5.10 Å². The van der Waals surface area contributed by atoms with Gasteiger partial charge in [0.15, 0.2) is 0 Å². The number of nitrogens with zero attached hydrogens (tertiary/aromatic N) is 1. The number of fused-ring (bicyclic) bond motifs is 1. The van der Waals surface area contributed by atoms with E-state index in [1.165, 1.54) is 17.6 Å². The normalized spacial score (nSPS) is 11.0. The van der Waals surface area contributed by atoms with Crippen LogP contribution in [0.15, 0.2) is 47.6 Å². The van der Waals surface area contributed by atoms with Gasteiger partial charge in [-0.3, -0.25) is 4.79 Å². The van der Waals surface area contributed by atoms with E-state index in [0.29, 0.717) is 27.0 Å². The van der Waals surface area contributed by atoms with Crippen LogP contribution in [0.4, 0.5) is 0 Å². The second-order valence-corrected chi connectivity index (χ2v) is 6.48. The smallest absolute Gasteiger partial charge is 0.283 e. The minimum absolute atomic E-state index is 0.352. The summed E-state index contributed by atoms with van der Waals surface area (Å²) in [5.74, 6) is 0.919. The average molecular weight is 375 g/mol. The third-order valence-electron chi connectivity index (χ3n) is 3.55. The SMILES string of the molecule is COc1ccc(/C=N/NC(=O)c2sc3ccccc3c2Cl)c(OC)c1. The summed E-state index contributed by atoms with van der Waals surface area (Å²) in [6.45, 7) is 0. The van der Waals surface area contributed by atoms with Crippen LogP contribution < -0.4 is 14.9 Å². The molecule has 0 spiro atoms. The van der Waals surface area contributed by atoms with Crippen molar-refractivity contribution in [1.82, 2.24) is 5.43 Å². The van der Waals surface area contributed by atoms with E-state index < -0.39 is 0 Å². The van der Waals surface area contributed by atoms with Crippen LogP contribution in [0.25, 0.3) is 10.1 Å². The number of amides is 1. The molecule has 0 aliphatic heterocycles. The van der Waals surface area contributed by atoms with Gasteiger partial charge in [-0.2, -0.15) is 5.10 Å². The standard InChI is InChI=1S/C18H15ClN2O3S/c1-23-12-8-7-11(14(9-12)24-2)10-20-21-18(22)17-16(19)13-5-3-4-6-15(13)25-17/h3-10H,1-2H3,(H,21,22)/b20-10+. The predicted octanol–water partition coefficient (Wildman–Crippen LogP) is 4.34. The number of rotatable bonds is 5. The molecule has 1 N–H and O–H groups in total. The summed E-state index contributed by atoms with van der Waals surface area (Å²) in [4.78, 5) is 12.8. The van der Waals surface area contributed by atoms with Crippen molar-refractivity contribution in [2.45, 2.75) is 0 Å². The van der Waals surface area contributed by atoms with E-state index in [9.17, 15) is 4.79 Å². The van der Waals surface area contributed by atoms with E-state index in [4.69, 9.17) is 21.1 Å². The number of carbonyl (C=O) groups excluding carboxylic acids is 1. The molecule has 0 fully saturated rings. The molecule has 0 saturated heterocycles. The fraction of sp³-hybridized carbons (Fsp3) is 0.111. The van der Waals surface area contributed by atoms with Crippen molar-refractivity contribution in [2.75, 3.05) is 14.2 Å². The van der Waals surface area contributed by atoms with Gasteiger partial charge >= 0.3 is 0 Å². The van der Waals surface area contributed by atoms with Crippen molar-refractivity contribution in [1.29, 1.82) is 0 Å². The quantitative estimate of drug-likeness (QED) is 0.534. The number of nitrogens with one attached hydrogen (secondary N) is 1. The highest BCUT2D eigenvalue weighted by atomic mass is 35.5. The lowest BCUT2D eigenvalue weighted by molar-refractivity contribution is 0.0959. The van der Waals surface area contributed by atoms with Gasteiger partial charge in [-0.05, 0) is 18.2 Å². The summed E-state index contributed by atoms with van der Waals surface area (Å²) < 4.78 is 11.4. The van der Waals surface area contributed by atoms with Crippen LogP contribution in [0, 0.1) is 0 Å². The van der Waals surface area contributed by atoms with Crippen molar-refractivity contribution in [3.63, 3.8) is 0 Å². The highest BCUT2D eigenvalue weighted by molar-refractivity contribution is 7.21. The predicted molar refractivity (Wildman–Crippen MR) is 101 cm³/mol. The summed E-state index contributed by atoms with van der Waals surface area (Å²) in [7, 11) is 3.14. The van der Waals surface area contributed by atoms with E-state index in [1.54, 1.807) is 32.4 Å². The molecule has 5 nitrogen and oxygen atoms in total. The van der Waals surface area contributed by atoms with Gasteiger partial charge in [0.05, 0.1) is 25.5 Å². The monoisotopic (exact) mass is 374 g/mol. The maximum Gasteiger partial charge on any atom is 0.283 e. The second kappa shape index (κ2) is 7.55. The molecule has 0 unspecified atom stereocenters. The summed E-state index contributed by atoms with van der Waals surface area (Å²) >= 11 is 7.62. The molecule has 25 heavy (non-hydrogen) atoms. The molecule has 1 aromatic heterocycles. The van der Waals surface area contributed by atoms with E-state index in [0.717, 1.165) is 10.1 Å². The van der Waals surface area contributed by atoms with E-state index in [2.05, 4.69) is 10.5 Å². The number of halogens is 1. The fourth-order valence-electron chi connectivity index (χ4n) is 2.30. The number of thiophene rings is 1. The maximum absolute atomic E-state index is 12.3. The molecule has 1 heterocycles. The Bertz CT molecular complexity index is 953. The Kier molecular flexibility index (Phi) is 5.21. The van der Waals surface area contributed by atoms with Gasteiger partial charge in [0.1, 0.15) is 16.4 Å². The van der Waals surface area contributed by atoms with Crippen LogP contribution in [0.1, 0.15) is 15.2 Å². The Morgan fingerprint density at radius 3 is 2.72 bits per heavy atom. The van der Waals surface area contributed by atoms with Crippen molar-refractivity contribution in [3.05, 3.63) is 57.9 Å². The minimum atomic E-state index is -0.352. The van der Waals surface area contributed by atoms with Crippen molar-refractivity contribution < 1.29 is 14.3 Å². The van der Waals surface area contributed by atoms with Crippen molar-refractivity contribution in [3.8, 4) is 11.5 Å². The molecule has 0 atom stereocenters. The highest BCUT2D eigenvalue weighted by Crippen LogP contribution is 2.34. The first-order chi connectivity index (χ1) is 12.1. The zero-order chi connectivity index (χ0) is 17.8. The Morgan fingerprint density at radius 1 is 1.20 bits per heavy atom. The van der Waals surface area contributed by atoms with E-state index >= 15 is 0 Å². The van der Waals surface area contributed by atoms with Crippen LogP contribution in [0.3, 0.4) is 0 Å². The number of benzene rings is 2. The topological polar surface area (TPSA) is 59.9 Å². The molecule has 0 aliphatic rings. The first kappa shape index (κ1) is 17.3. The number of hydrogen-bond acceptors (Lipinski definition) is 5. The summed E-state index contributed by atoms with van der Waals surface area (Å²) in [6, 6.07) is 12.9. The molecule has 0 radical (unpaired) electrons. The first-order valence-electron chi connectivity index (χ1n) is 7.36. The lowest BCUT2D eigenvalue weighted by Crippen LogP contribution is -2.16. The van der Waals surface area contributed by atoms with Gasteiger partial charge in [0.2, 0.25) is 0 Å². The summed E-state index contributed by atoms with van der Waals surface area (Å²) in [5, 5.41) is 5.30. The molecule has 0 aliphatic carbocycles. The molecule has 2 aromatic carbocycles. The fourth-order valence-corrected chi connectivity index (χ4v) is 3.70. The molecular formula is C18H15ClN2O3S. The Labute approximate surface area is 153 Å². The van der Waals surface area contributed by atoms with Gasteiger partial charge in [0.25, 0.3) is 5.91 Å². The lowest BCUT2D eigenvalue weighted by Gasteiger charge is -2.06. The van der Waals surface area contributed by atoms with Gasteiger partial charge < -0.3 is 9.47 Å². The van der Waals surface area contributed by atoms with E-state index in [1.807, 2.05) is 24.3 Å². The molecular weight excluding hydrogens is 360 g/mol. The molecule has 0 saturated carbocycles. The number of ether oxygens (including phenoxy) is 2. The number of hydrazone groups is 1. The van der Waals surface area contributed by atoms with Crippen LogP contribution in [-0.4, -0.2) is 26.3 Å². The molecule has 3 rings (SSSR count). The van der Waals surface area contributed by atoms with Crippen molar-refractivity contribution >= 4 is 45.1 Å². The molecule has 3 aromatic rings. The Balaban J connectivity index is 1.77. The lowest BCUT2D eigenvalue weighted by atomic mass is 10.2. The molecule has 128 valence electrons. The number of carbonyl (C=O) groups is 1. The number of hydrogen-bond donors (Lipinski definition) is 1. The third-order valence-corrected chi connectivity index (χ3v) is 5.23. The van der Waals surface area contributed by atoms with Crippen LogP contribution in [-0.2, 0) is 0 Å². The number of methoxy groups -OCH3 is 2. The zero-order valence-corrected chi connectivity index (χ0v) is 15.1. The highest BCUT2D eigenvalue weighted by Gasteiger charge is 2.16. The largest absolute Gasteiger partial charge is 0.497 e. The minimum Gasteiger partial charge on any atom is -0.497 e. The van der Waals surface area contributed by atoms with Crippen LogP contribution in [0.2, 0.25) is 5.02 Å². The van der Waals surface area contributed by atoms with Gasteiger partial charge in [-0.25, -0.2) is 5.43 Å². The second-order valence-electron chi connectivity index (χ2n) is 5.05. The van der Waals surface area contributed by atoms with Crippen LogP contribution >= 0.6 is 22.9 Å². The third kappa shape index (κ3) is 3.60. The average Bonchev–Trinajstić information content (AvgIpc) is 2.99. The first-order valence-corrected chi connectivity index (χ1v) is 8.56. The molecule has 7 heteroatoms. The molecule has 1 amide bonds. The Morgan fingerprint density at radius 2 is 2.00 bits per heavy atom. The zero-order valence-electron chi connectivity index (χ0n) is 13.6. The Hall–Kier alpha value is -2.57. The van der Waals surface area contributed by atoms with E-state index in [-0.39, 0.29) is 5.91 Å². The van der Waals surface area contributed by atoms with Gasteiger partial charge in [-0.15, -0.1) is 11.3 Å². The van der Waals surface area contributed by atoms with Crippen LogP contribution in [0.5, 0.6) is 11.5 Å². The molecule has 0 bridgehead atoms. The maximum atomic E-state index is 12.3. The van der Waals surface area contributed by atoms with Gasteiger partial charge in [-0.1, -0.05) is 29.8 Å².